The molecule has 5 heteroatoms. The van der Waals surface area contributed by atoms with E-state index in [0.717, 1.165) is 25.1 Å². The van der Waals surface area contributed by atoms with E-state index < -0.39 is 0 Å². The highest BCUT2D eigenvalue weighted by Crippen LogP contribution is 2.21. The maximum Gasteiger partial charge on any atom is 0.265 e. The molecule has 0 aromatic carbocycles. The zero-order chi connectivity index (χ0) is 11.5. The third-order valence-corrected chi connectivity index (χ3v) is 3.75. The zero-order valence-electron chi connectivity index (χ0n) is 9.14. The fourth-order valence-electron chi connectivity index (χ4n) is 1.92. The van der Waals surface area contributed by atoms with Crippen LogP contribution in [0.5, 0.6) is 0 Å². The van der Waals surface area contributed by atoms with Crippen LogP contribution in [0.2, 0.25) is 0 Å². The van der Waals surface area contributed by atoms with Crippen LogP contribution >= 0.6 is 11.3 Å². The van der Waals surface area contributed by atoms with E-state index >= 15 is 0 Å². The maximum atomic E-state index is 12.1. The average Bonchev–Trinajstić information content (AvgIpc) is 2.74. The zero-order valence-corrected chi connectivity index (χ0v) is 9.96. The van der Waals surface area contributed by atoms with Crippen molar-refractivity contribution in [3.8, 4) is 6.07 Å². The Hall–Kier alpha value is -1.41. The monoisotopic (exact) mass is 235 g/mol. The number of nitrogens with zero attached hydrogens (tertiary/aromatic N) is 3. The summed E-state index contributed by atoms with van der Waals surface area (Å²) in [6.07, 6.45) is 1.82. The Kier molecular flexibility index (Phi) is 3.20. The first-order chi connectivity index (χ1) is 7.72. The smallest absolute Gasteiger partial charge is 0.265 e. The van der Waals surface area contributed by atoms with Crippen molar-refractivity contribution >= 4 is 17.2 Å². The Bertz CT molecular complexity index is 435. The van der Waals surface area contributed by atoms with Crippen molar-refractivity contribution in [2.24, 2.45) is 5.92 Å². The first-order valence-electron chi connectivity index (χ1n) is 5.31. The normalized spacial score (nSPS) is 20.5. The van der Waals surface area contributed by atoms with Crippen molar-refractivity contribution in [3.05, 3.63) is 16.1 Å². The molecule has 1 atom stereocenters. The molecule has 16 heavy (non-hydrogen) atoms. The molecule has 1 saturated heterocycles. The summed E-state index contributed by atoms with van der Waals surface area (Å²) in [4.78, 5) is 18.7. The van der Waals surface area contributed by atoms with E-state index in [4.69, 9.17) is 5.26 Å². The van der Waals surface area contributed by atoms with Gasteiger partial charge in [0.05, 0.1) is 23.2 Å². The van der Waals surface area contributed by atoms with Crippen LogP contribution in [-0.2, 0) is 0 Å². The molecule has 84 valence electrons. The summed E-state index contributed by atoms with van der Waals surface area (Å²) < 4.78 is 0. The molecule has 0 aliphatic carbocycles. The number of rotatable bonds is 1. The molecule has 1 amide bonds. The number of hydrogen-bond acceptors (Lipinski definition) is 4. The molecule has 0 radical (unpaired) electrons. The molecule has 0 bridgehead atoms. The Morgan fingerprint density at radius 3 is 3.19 bits per heavy atom. The van der Waals surface area contributed by atoms with Gasteiger partial charge in [-0.3, -0.25) is 4.79 Å². The van der Waals surface area contributed by atoms with Crippen molar-refractivity contribution in [2.45, 2.75) is 19.8 Å². The number of piperidine rings is 1. The van der Waals surface area contributed by atoms with Gasteiger partial charge in [0, 0.05) is 13.1 Å². The van der Waals surface area contributed by atoms with E-state index in [9.17, 15) is 4.79 Å². The van der Waals surface area contributed by atoms with Crippen LogP contribution in [0.3, 0.4) is 0 Å². The van der Waals surface area contributed by atoms with Crippen molar-refractivity contribution in [1.29, 1.82) is 5.26 Å². The molecule has 4 nitrogen and oxygen atoms in total. The van der Waals surface area contributed by atoms with Crippen LogP contribution < -0.4 is 0 Å². The highest BCUT2D eigenvalue weighted by molar-refractivity contribution is 7.11. The Balaban J connectivity index is 2.11. The van der Waals surface area contributed by atoms with Gasteiger partial charge in [0.1, 0.15) is 4.88 Å². The number of aryl methyl sites for hydroxylation is 1. The van der Waals surface area contributed by atoms with E-state index in [0.29, 0.717) is 11.4 Å². The molecule has 2 rings (SSSR count). The maximum absolute atomic E-state index is 12.1. The summed E-state index contributed by atoms with van der Waals surface area (Å²) in [7, 11) is 0. The quantitative estimate of drug-likeness (QED) is 0.746. The first kappa shape index (κ1) is 11.1. The number of amides is 1. The molecule has 0 spiro atoms. The van der Waals surface area contributed by atoms with Gasteiger partial charge in [-0.2, -0.15) is 5.26 Å². The topological polar surface area (TPSA) is 57.0 Å². The first-order valence-corrected chi connectivity index (χ1v) is 6.19. The van der Waals surface area contributed by atoms with Gasteiger partial charge in [0.25, 0.3) is 5.91 Å². The van der Waals surface area contributed by atoms with Crippen LogP contribution in [-0.4, -0.2) is 28.9 Å². The predicted octanol–water partition coefficient (Wildman–Crippen LogP) is 1.83. The number of hydrogen-bond donors (Lipinski definition) is 0. The van der Waals surface area contributed by atoms with E-state index in [-0.39, 0.29) is 11.8 Å². The number of nitriles is 1. The van der Waals surface area contributed by atoms with Gasteiger partial charge in [0.2, 0.25) is 0 Å². The standard InChI is InChI=1S/C11H13N3OS/c1-8-10(16-7-13-8)11(15)14-4-2-3-9(5-12)6-14/h7,9H,2-4,6H2,1H3. The summed E-state index contributed by atoms with van der Waals surface area (Å²) in [6, 6.07) is 2.24. The van der Waals surface area contributed by atoms with Gasteiger partial charge in [-0.1, -0.05) is 0 Å². The molecular formula is C11H13N3OS. The van der Waals surface area contributed by atoms with E-state index in [1.54, 1.807) is 10.4 Å². The minimum absolute atomic E-state index is 0.00840. The highest BCUT2D eigenvalue weighted by Gasteiger charge is 2.25. The molecule has 1 aromatic rings. The highest BCUT2D eigenvalue weighted by atomic mass is 32.1. The summed E-state index contributed by atoms with van der Waals surface area (Å²) in [5.41, 5.74) is 2.47. The second-order valence-corrected chi connectivity index (χ2v) is 4.84. The number of carbonyl (C=O) groups is 1. The lowest BCUT2D eigenvalue weighted by Gasteiger charge is -2.29. The number of carbonyl (C=O) groups excluding carboxylic acids is 1. The second kappa shape index (κ2) is 4.62. The average molecular weight is 235 g/mol. The van der Waals surface area contributed by atoms with Crippen LogP contribution in [0.4, 0.5) is 0 Å². The lowest BCUT2D eigenvalue weighted by Crippen LogP contribution is -2.39. The number of thiazole rings is 1. The molecular weight excluding hydrogens is 222 g/mol. The van der Waals surface area contributed by atoms with Crippen LogP contribution in [0.15, 0.2) is 5.51 Å². The minimum Gasteiger partial charge on any atom is -0.337 e. The molecule has 1 aliphatic heterocycles. The van der Waals surface area contributed by atoms with Crippen molar-refractivity contribution in [1.82, 2.24) is 9.88 Å². The SMILES string of the molecule is Cc1ncsc1C(=O)N1CCCC(C#N)C1. The third-order valence-electron chi connectivity index (χ3n) is 2.83. The molecule has 2 heterocycles. The minimum atomic E-state index is -0.00840. The number of aromatic nitrogens is 1. The third kappa shape index (κ3) is 2.07. The molecule has 1 aliphatic rings. The van der Waals surface area contributed by atoms with Gasteiger partial charge in [-0.15, -0.1) is 11.3 Å². The van der Waals surface area contributed by atoms with Crippen LogP contribution in [0, 0.1) is 24.2 Å². The lowest BCUT2D eigenvalue weighted by atomic mass is 9.99. The summed E-state index contributed by atoms with van der Waals surface area (Å²) >= 11 is 1.37. The lowest BCUT2D eigenvalue weighted by molar-refractivity contribution is 0.0703. The van der Waals surface area contributed by atoms with Crippen molar-refractivity contribution in [2.75, 3.05) is 13.1 Å². The van der Waals surface area contributed by atoms with Gasteiger partial charge < -0.3 is 4.90 Å². The van der Waals surface area contributed by atoms with Gasteiger partial charge >= 0.3 is 0 Å². The van der Waals surface area contributed by atoms with E-state index in [2.05, 4.69) is 11.1 Å². The van der Waals surface area contributed by atoms with Crippen LogP contribution in [0.25, 0.3) is 0 Å². The Morgan fingerprint density at radius 2 is 2.56 bits per heavy atom. The van der Waals surface area contributed by atoms with Crippen molar-refractivity contribution < 1.29 is 4.79 Å². The van der Waals surface area contributed by atoms with Crippen LogP contribution in [0.1, 0.15) is 28.2 Å². The fourth-order valence-corrected chi connectivity index (χ4v) is 2.69. The largest absolute Gasteiger partial charge is 0.337 e. The summed E-state index contributed by atoms with van der Waals surface area (Å²) in [5, 5.41) is 8.88. The van der Waals surface area contributed by atoms with Crippen molar-refractivity contribution in [3.63, 3.8) is 0 Å². The molecule has 1 unspecified atom stereocenters. The fraction of sp³-hybridized carbons (Fsp3) is 0.545. The van der Waals surface area contributed by atoms with Gasteiger partial charge in [0.15, 0.2) is 0 Å². The molecule has 0 saturated carbocycles. The molecule has 1 fully saturated rings. The van der Waals surface area contributed by atoms with Gasteiger partial charge in [-0.05, 0) is 19.8 Å². The Morgan fingerprint density at radius 1 is 1.75 bits per heavy atom. The molecule has 1 aromatic heterocycles. The summed E-state index contributed by atoms with van der Waals surface area (Å²) in [5.74, 6) is 0.0193. The molecule has 0 N–H and O–H groups in total. The second-order valence-electron chi connectivity index (χ2n) is 3.99. The number of likely N-dealkylation sites (tertiary alicyclic amines) is 1. The van der Waals surface area contributed by atoms with Gasteiger partial charge in [-0.25, -0.2) is 4.98 Å². The predicted molar refractivity (Wildman–Crippen MR) is 61.1 cm³/mol. The Labute approximate surface area is 98.5 Å². The summed E-state index contributed by atoms with van der Waals surface area (Å²) in [6.45, 7) is 3.16. The van der Waals surface area contributed by atoms with E-state index in [1.165, 1.54) is 11.3 Å². The van der Waals surface area contributed by atoms with E-state index in [1.807, 2.05) is 6.92 Å².